The number of methoxy groups -OCH3 is 1. The van der Waals surface area contributed by atoms with Crippen LogP contribution in [0.15, 0.2) is 29.1 Å². The molecular formula is C21H22N2O5. The van der Waals surface area contributed by atoms with Gasteiger partial charge < -0.3 is 24.5 Å². The highest BCUT2D eigenvalue weighted by Gasteiger charge is 2.39. The maximum atomic E-state index is 12.4. The molecule has 7 heteroatoms. The molecule has 3 N–H and O–H groups in total. The topological polar surface area (TPSA) is 105 Å². The van der Waals surface area contributed by atoms with Gasteiger partial charge in [0.2, 0.25) is 0 Å². The number of aromatic carboxylic acids is 1. The van der Waals surface area contributed by atoms with Crippen molar-refractivity contribution < 1.29 is 19.7 Å². The SMILES string of the molecule is COc1cccc2c1cc1n2CC(C(C)(C)C)c2c-1[nH]c(=O)c(C(=O)O)c2O. The maximum Gasteiger partial charge on any atom is 0.345 e. The van der Waals surface area contributed by atoms with Crippen molar-refractivity contribution in [1.29, 1.82) is 0 Å². The second kappa shape index (κ2) is 5.89. The molecule has 0 amide bonds. The Kier molecular flexibility index (Phi) is 3.82. The molecule has 0 spiro atoms. The summed E-state index contributed by atoms with van der Waals surface area (Å²) in [5, 5.41) is 21.1. The van der Waals surface area contributed by atoms with E-state index in [0.29, 0.717) is 23.6 Å². The van der Waals surface area contributed by atoms with Crippen LogP contribution in [0.3, 0.4) is 0 Å². The number of hydrogen-bond acceptors (Lipinski definition) is 4. The Hall–Kier alpha value is -3.22. The van der Waals surface area contributed by atoms with Gasteiger partial charge in [0.15, 0.2) is 5.56 Å². The molecule has 3 heterocycles. The standard InChI is InChI=1S/C21H22N2O5/c1-21(2,3)11-9-23-12-6-5-7-14(28-4)10(12)8-13(23)17-15(11)18(24)16(20(26)27)19(25)22-17/h5-8,11H,9H2,1-4H3,(H,26,27)(H2,22,24,25). The number of benzene rings is 1. The fourth-order valence-electron chi connectivity index (χ4n) is 4.16. The number of nitrogens with zero attached hydrogens (tertiary/aromatic N) is 1. The highest BCUT2D eigenvalue weighted by Crippen LogP contribution is 2.49. The minimum Gasteiger partial charge on any atom is -0.506 e. The average molecular weight is 382 g/mol. The van der Waals surface area contributed by atoms with Crippen LogP contribution in [0.2, 0.25) is 0 Å². The van der Waals surface area contributed by atoms with Crippen LogP contribution in [-0.4, -0.2) is 32.8 Å². The van der Waals surface area contributed by atoms with Crippen molar-refractivity contribution in [2.24, 2.45) is 5.41 Å². The lowest BCUT2D eigenvalue weighted by molar-refractivity contribution is 0.0691. The Morgan fingerprint density at radius 1 is 1.32 bits per heavy atom. The van der Waals surface area contributed by atoms with E-state index in [1.165, 1.54) is 0 Å². The number of aromatic nitrogens is 2. The third-order valence-electron chi connectivity index (χ3n) is 5.58. The second-order valence-electron chi connectivity index (χ2n) is 8.22. The first-order chi connectivity index (χ1) is 13.1. The van der Waals surface area contributed by atoms with E-state index >= 15 is 0 Å². The Balaban J connectivity index is 2.13. The van der Waals surface area contributed by atoms with E-state index in [4.69, 9.17) is 4.74 Å². The summed E-state index contributed by atoms with van der Waals surface area (Å²) < 4.78 is 7.56. The van der Waals surface area contributed by atoms with Gasteiger partial charge in [-0.2, -0.15) is 0 Å². The summed E-state index contributed by atoms with van der Waals surface area (Å²) in [4.78, 5) is 26.7. The quantitative estimate of drug-likeness (QED) is 0.629. The molecule has 1 unspecified atom stereocenters. The Bertz CT molecular complexity index is 1180. The molecule has 1 atom stereocenters. The van der Waals surface area contributed by atoms with Crippen LogP contribution in [0.1, 0.15) is 42.6 Å². The van der Waals surface area contributed by atoms with Gasteiger partial charge in [0.1, 0.15) is 11.5 Å². The molecule has 28 heavy (non-hydrogen) atoms. The van der Waals surface area contributed by atoms with Gasteiger partial charge in [0, 0.05) is 23.4 Å². The van der Waals surface area contributed by atoms with Crippen molar-refractivity contribution in [3.63, 3.8) is 0 Å². The van der Waals surface area contributed by atoms with Gasteiger partial charge in [0.25, 0.3) is 5.56 Å². The number of hydrogen-bond donors (Lipinski definition) is 3. The lowest BCUT2D eigenvalue weighted by Crippen LogP contribution is -2.31. The number of carboxylic acids is 1. The maximum absolute atomic E-state index is 12.4. The van der Waals surface area contributed by atoms with Crippen molar-refractivity contribution in [2.45, 2.75) is 33.2 Å². The number of carbonyl (C=O) groups is 1. The molecule has 3 aromatic rings. The molecule has 0 aliphatic carbocycles. The van der Waals surface area contributed by atoms with Crippen molar-refractivity contribution in [3.8, 4) is 22.9 Å². The minimum absolute atomic E-state index is 0.202. The molecule has 146 valence electrons. The number of aromatic amines is 1. The molecule has 1 aliphatic heterocycles. The molecule has 0 radical (unpaired) electrons. The Morgan fingerprint density at radius 2 is 2.04 bits per heavy atom. The third kappa shape index (κ3) is 2.42. The third-order valence-corrected chi connectivity index (χ3v) is 5.58. The number of rotatable bonds is 2. The second-order valence-corrected chi connectivity index (χ2v) is 8.22. The van der Waals surface area contributed by atoms with Gasteiger partial charge in [-0.15, -0.1) is 0 Å². The zero-order valence-electron chi connectivity index (χ0n) is 16.2. The summed E-state index contributed by atoms with van der Waals surface area (Å²) in [6.07, 6.45) is 0. The molecule has 0 saturated heterocycles. The molecule has 0 fully saturated rings. The molecule has 4 rings (SSSR count). The highest BCUT2D eigenvalue weighted by atomic mass is 16.5. The number of carboxylic acid groups (broad SMARTS) is 1. The van der Waals surface area contributed by atoms with E-state index in [9.17, 15) is 19.8 Å². The van der Waals surface area contributed by atoms with Crippen molar-refractivity contribution >= 4 is 16.9 Å². The molecule has 1 aromatic carbocycles. The normalized spacial score (nSPS) is 15.9. The monoisotopic (exact) mass is 382 g/mol. The van der Waals surface area contributed by atoms with E-state index in [2.05, 4.69) is 9.55 Å². The van der Waals surface area contributed by atoms with Gasteiger partial charge in [0.05, 0.1) is 24.0 Å². The number of aromatic hydroxyl groups is 1. The van der Waals surface area contributed by atoms with Gasteiger partial charge in [-0.25, -0.2) is 4.79 Å². The van der Waals surface area contributed by atoms with Crippen LogP contribution in [0.5, 0.6) is 11.5 Å². The number of pyridine rings is 1. The van der Waals surface area contributed by atoms with Gasteiger partial charge in [-0.05, 0) is 23.6 Å². The number of H-pyrrole nitrogens is 1. The molecular weight excluding hydrogens is 360 g/mol. The molecule has 7 nitrogen and oxygen atoms in total. The van der Waals surface area contributed by atoms with Crippen molar-refractivity contribution in [2.75, 3.05) is 7.11 Å². The zero-order valence-corrected chi connectivity index (χ0v) is 16.2. The van der Waals surface area contributed by atoms with Gasteiger partial charge >= 0.3 is 5.97 Å². The summed E-state index contributed by atoms with van der Waals surface area (Å²) in [6.45, 7) is 6.64. The zero-order chi connectivity index (χ0) is 20.4. The van der Waals surface area contributed by atoms with Crippen molar-refractivity contribution in [3.05, 3.63) is 45.7 Å². The lowest BCUT2D eigenvalue weighted by atomic mass is 9.73. The molecule has 0 saturated carbocycles. The van der Waals surface area contributed by atoms with Crippen LogP contribution >= 0.6 is 0 Å². The average Bonchev–Trinajstić information content (AvgIpc) is 2.98. The molecule has 1 aliphatic rings. The molecule has 0 bridgehead atoms. The van der Waals surface area contributed by atoms with Crippen LogP contribution < -0.4 is 10.3 Å². The lowest BCUT2D eigenvalue weighted by Gasteiger charge is -2.37. The molecule has 2 aromatic heterocycles. The Morgan fingerprint density at radius 3 is 2.64 bits per heavy atom. The van der Waals surface area contributed by atoms with E-state index in [1.54, 1.807) is 7.11 Å². The summed E-state index contributed by atoms with van der Waals surface area (Å²) >= 11 is 0. The van der Waals surface area contributed by atoms with E-state index < -0.39 is 22.8 Å². The summed E-state index contributed by atoms with van der Waals surface area (Å²) in [5.74, 6) is -1.38. The minimum atomic E-state index is -1.44. The Labute approximate surface area is 161 Å². The van der Waals surface area contributed by atoms with Crippen LogP contribution in [-0.2, 0) is 6.54 Å². The first kappa shape index (κ1) is 18.2. The van der Waals surface area contributed by atoms with Gasteiger partial charge in [-0.3, -0.25) is 4.79 Å². The number of ether oxygens (including phenoxy) is 1. The summed E-state index contributed by atoms with van der Waals surface area (Å²) in [7, 11) is 1.60. The fourth-order valence-corrected chi connectivity index (χ4v) is 4.16. The van der Waals surface area contributed by atoms with Crippen molar-refractivity contribution in [1.82, 2.24) is 9.55 Å². The summed E-state index contributed by atoms with van der Waals surface area (Å²) in [5.41, 5.74) is 0.886. The highest BCUT2D eigenvalue weighted by molar-refractivity contribution is 5.95. The smallest absolute Gasteiger partial charge is 0.345 e. The van der Waals surface area contributed by atoms with Crippen LogP contribution in [0.4, 0.5) is 0 Å². The first-order valence-electron chi connectivity index (χ1n) is 9.04. The van der Waals surface area contributed by atoms with Crippen LogP contribution in [0, 0.1) is 5.41 Å². The number of fused-ring (bicyclic) bond motifs is 5. The predicted molar refractivity (Wildman–Crippen MR) is 105 cm³/mol. The largest absolute Gasteiger partial charge is 0.506 e. The number of nitrogens with one attached hydrogen (secondary N) is 1. The predicted octanol–water partition coefficient (Wildman–Crippen LogP) is 3.55. The fraction of sp³-hybridized carbons (Fsp3) is 0.333. The van der Waals surface area contributed by atoms with Crippen LogP contribution in [0.25, 0.3) is 22.3 Å². The van der Waals surface area contributed by atoms with E-state index in [-0.39, 0.29) is 11.3 Å². The summed E-state index contributed by atoms with van der Waals surface area (Å²) in [6, 6.07) is 7.66. The van der Waals surface area contributed by atoms with Gasteiger partial charge in [-0.1, -0.05) is 26.8 Å². The van der Waals surface area contributed by atoms with E-state index in [1.807, 2.05) is 45.0 Å². The van der Waals surface area contributed by atoms with E-state index in [0.717, 1.165) is 16.6 Å². The first-order valence-corrected chi connectivity index (χ1v) is 9.04.